The number of urea groups is 1. The van der Waals surface area contributed by atoms with Gasteiger partial charge in [0.15, 0.2) is 0 Å². The summed E-state index contributed by atoms with van der Waals surface area (Å²) in [7, 11) is 1.63. The molecule has 0 spiro atoms. The van der Waals surface area contributed by atoms with Crippen LogP contribution in [0.25, 0.3) is 10.4 Å². The Kier molecular flexibility index (Phi) is 3.73. The number of hydrogen-bond acceptors (Lipinski definition) is 4. The zero-order chi connectivity index (χ0) is 16.7. The number of primary amides is 2. The molecule has 0 saturated carbocycles. The number of aryl methyl sites for hydroxylation is 1. The number of rotatable bonds is 3. The Morgan fingerprint density at radius 3 is 2.61 bits per heavy atom. The molecule has 0 saturated heterocycles. The van der Waals surface area contributed by atoms with Gasteiger partial charge in [-0.25, -0.2) is 4.79 Å². The molecule has 0 unspecified atom stereocenters. The molecule has 5 N–H and O–H groups in total. The fourth-order valence-electron chi connectivity index (χ4n) is 3.12. The summed E-state index contributed by atoms with van der Waals surface area (Å²) in [5, 5.41) is 2.92. The van der Waals surface area contributed by atoms with Crippen molar-refractivity contribution in [1.82, 2.24) is 0 Å². The molecule has 0 radical (unpaired) electrons. The number of amides is 3. The van der Waals surface area contributed by atoms with E-state index < -0.39 is 11.9 Å². The van der Waals surface area contributed by atoms with Gasteiger partial charge in [0.05, 0.1) is 12.7 Å². The van der Waals surface area contributed by atoms with E-state index in [-0.39, 0.29) is 0 Å². The first kappa shape index (κ1) is 15.4. The molecule has 3 amide bonds. The van der Waals surface area contributed by atoms with Gasteiger partial charge in [0.2, 0.25) is 0 Å². The summed E-state index contributed by atoms with van der Waals surface area (Å²) in [5.41, 5.74) is 15.2. The van der Waals surface area contributed by atoms with Crippen LogP contribution in [0.2, 0.25) is 0 Å². The van der Waals surface area contributed by atoms with Crippen LogP contribution in [0.3, 0.4) is 0 Å². The van der Waals surface area contributed by atoms with Gasteiger partial charge in [0.25, 0.3) is 5.91 Å². The molecule has 0 fully saturated rings. The number of methoxy groups -OCH3 is 1. The van der Waals surface area contributed by atoms with E-state index >= 15 is 0 Å². The molecule has 0 bridgehead atoms. The van der Waals surface area contributed by atoms with Crippen LogP contribution in [-0.2, 0) is 12.8 Å². The number of carbonyl (C=O) groups is 2. The van der Waals surface area contributed by atoms with Crippen molar-refractivity contribution < 1.29 is 14.3 Å². The van der Waals surface area contributed by atoms with E-state index in [0.29, 0.717) is 17.0 Å². The molecule has 23 heavy (non-hydrogen) atoms. The molecule has 3 rings (SSSR count). The third kappa shape index (κ3) is 2.43. The van der Waals surface area contributed by atoms with Gasteiger partial charge in [0, 0.05) is 10.4 Å². The average molecular weight is 331 g/mol. The standard InChI is InChI=1S/C16H17N3O3S/c1-7-10(22-2)6-4-8-3-5-9-12(14(17)20)15(19-16(18)21)23-13(9)11(7)8/h4,6H,3,5H2,1-2H3,(H2,17,20)(H3,18,19,21). The molecule has 1 heterocycles. The molecule has 7 heteroatoms. The van der Waals surface area contributed by atoms with Gasteiger partial charge >= 0.3 is 6.03 Å². The minimum absolute atomic E-state index is 0.358. The second kappa shape index (κ2) is 5.58. The predicted molar refractivity (Wildman–Crippen MR) is 90.2 cm³/mol. The highest BCUT2D eigenvalue weighted by molar-refractivity contribution is 7.20. The molecule has 0 aliphatic heterocycles. The van der Waals surface area contributed by atoms with Crippen LogP contribution in [0.4, 0.5) is 9.80 Å². The number of fused-ring (bicyclic) bond motifs is 3. The van der Waals surface area contributed by atoms with Crippen molar-refractivity contribution >= 4 is 28.3 Å². The number of hydrogen-bond donors (Lipinski definition) is 3. The van der Waals surface area contributed by atoms with Gasteiger partial charge in [-0.2, -0.15) is 0 Å². The first-order valence-corrected chi connectivity index (χ1v) is 7.94. The Labute approximate surface area is 137 Å². The van der Waals surface area contributed by atoms with Crippen molar-refractivity contribution in [2.75, 3.05) is 12.4 Å². The lowest BCUT2D eigenvalue weighted by Gasteiger charge is -2.20. The van der Waals surface area contributed by atoms with Crippen LogP contribution in [0.15, 0.2) is 12.1 Å². The summed E-state index contributed by atoms with van der Waals surface area (Å²) >= 11 is 1.33. The number of benzene rings is 1. The topological polar surface area (TPSA) is 107 Å². The minimum Gasteiger partial charge on any atom is -0.496 e. The Morgan fingerprint density at radius 2 is 2.00 bits per heavy atom. The largest absolute Gasteiger partial charge is 0.496 e. The summed E-state index contributed by atoms with van der Waals surface area (Å²) in [4.78, 5) is 24.0. The second-order valence-electron chi connectivity index (χ2n) is 5.39. The quantitative estimate of drug-likeness (QED) is 0.803. The van der Waals surface area contributed by atoms with E-state index in [1.54, 1.807) is 7.11 Å². The lowest BCUT2D eigenvalue weighted by molar-refractivity contribution is 0.100. The van der Waals surface area contributed by atoms with E-state index in [1.165, 1.54) is 16.9 Å². The molecule has 2 aromatic rings. The SMILES string of the molecule is COc1ccc2c(c1C)-c1sc(NC(N)=O)c(C(N)=O)c1CC2. The summed E-state index contributed by atoms with van der Waals surface area (Å²) in [6.45, 7) is 1.98. The fraction of sp³-hybridized carbons (Fsp3) is 0.250. The van der Waals surface area contributed by atoms with E-state index in [2.05, 4.69) is 5.32 Å². The average Bonchev–Trinajstić information content (AvgIpc) is 2.84. The number of nitrogens with one attached hydrogen (secondary N) is 1. The Morgan fingerprint density at radius 1 is 1.26 bits per heavy atom. The normalized spacial score (nSPS) is 12.3. The van der Waals surface area contributed by atoms with Crippen molar-refractivity contribution in [1.29, 1.82) is 0 Å². The predicted octanol–water partition coefficient (Wildman–Crippen LogP) is 2.42. The van der Waals surface area contributed by atoms with Gasteiger partial charge in [-0.15, -0.1) is 11.3 Å². The van der Waals surface area contributed by atoms with Crippen LogP contribution >= 0.6 is 11.3 Å². The van der Waals surface area contributed by atoms with Crippen LogP contribution in [0.1, 0.15) is 27.0 Å². The van der Waals surface area contributed by atoms with Gasteiger partial charge < -0.3 is 16.2 Å². The zero-order valence-electron chi connectivity index (χ0n) is 12.9. The zero-order valence-corrected chi connectivity index (χ0v) is 13.7. The van der Waals surface area contributed by atoms with Crippen LogP contribution in [0, 0.1) is 6.92 Å². The third-order valence-corrected chi connectivity index (χ3v) is 5.25. The maximum atomic E-state index is 11.9. The molecule has 1 aromatic heterocycles. The van der Waals surface area contributed by atoms with E-state index in [9.17, 15) is 9.59 Å². The Bertz CT molecular complexity index is 826. The molecule has 6 nitrogen and oxygen atoms in total. The van der Waals surface area contributed by atoms with Crippen molar-refractivity contribution in [3.05, 3.63) is 34.4 Å². The minimum atomic E-state index is -0.714. The lowest BCUT2D eigenvalue weighted by Crippen LogP contribution is -2.22. The number of anilines is 1. The number of carbonyl (C=O) groups excluding carboxylic acids is 2. The van der Waals surface area contributed by atoms with Crippen LogP contribution in [-0.4, -0.2) is 19.0 Å². The highest BCUT2D eigenvalue weighted by Gasteiger charge is 2.29. The number of thiophene rings is 1. The lowest BCUT2D eigenvalue weighted by atomic mass is 9.86. The summed E-state index contributed by atoms with van der Waals surface area (Å²) in [6, 6.07) is 3.27. The maximum Gasteiger partial charge on any atom is 0.317 e. The van der Waals surface area contributed by atoms with Crippen molar-refractivity contribution in [3.8, 4) is 16.2 Å². The molecule has 120 valence electrons. The number of nitrogens with two attached hydrogens (primary N) is 2. The molecule has 1 aliphatic rings. The van der Waals surface area contributed by atoms with Crippen LogP contribution in [0.5, 0.6) is 5.75 Å². The smallest absolute Gasteiger partial charge is 0.317 e. The van der Waals surface area contributed by atoms with Gasteiger partial charge in [0.1, 0.15) is 10.8 Å². The maximum absolute atomic E-state index is 11.9. The summed E-state index contributed by atoms with van der Waals surface area (Å²) in [5.74, 6) is 0.227. The third-order valence-electron chi connectivity index (χ3n) is 4.08. The van der Waals surface area contributed by atoms with E-state index in [1.807, 2.05) is 19.1 Å². The first-order valence-electron chi connectivity index (χ1n) is 7.12. The van der Waals surface area contributed by atoms with Crippen molar-refractivity contribution in [2.45, 2.75) is 19.8 Å². The second-order valence-corrected chi connectivity index (χ2v) is 6.41. The monoisotopic (exact) mass is 331 g/mol. The van der Waals surface area contributed by atoms with E-state index in [4.69, 9.17) is 16.2 Å². The van der Waals surface area contributed by atoms with Gasteiger partial charge in [-0.05, 0) is 42.5 Å². The van der Waals surface area contributed by atoms with Crippen LogP contribution < -0.4 is 21.5 Å². The fourth-order valence-corrected chi connectivity index (χ4v) is 4.52. The highest BCUT2D eigenvalue weighted by atomic mass is 32.1. The van der Waals surface area contributed by atoms with Gasteiger partial charge in [-0.3, -0.25) is 10.1 Å². The molecular weight excluding hydrogens is 314 g/mol. The van der Waals surface area contributed by atoms with Crippen molar-refractivity contribution in [2.24, 2.45) is 11.5 Å². The molecule has 1 aliphatic carbocycles. The number of ether oxygens (including phenoxy) is 1. The molecule has 0 atom stereocenters. The van der Waals surface area contributed by atoms with Gasteiger partial charge in [-0.1, -0.05) is 6.07 Å². The van der Waals surface area contributed by atoms with E-state index in [0.717, 1.165) is 33.7 Å². The molecular formula is C16H17N3O3S. The Hall–Kier alpha value is -2.54. The Balaban J connectivity index is 2.27. The first-order chi connectivity index (χ1) is 10.9. The highest BCUT2D eigenvalue weighted by Crippen LogP contribution is 2.47. The summed E-state index contributed by atoms with van der Waals surface area (Å²) < 4.78 is 5.40. The molecule has 1 aromatic carbocycles. The van der Waals surface area contributed by atoms with Crippen molar-refractivity contribution in [3.63, 3.8) is 0 Å². The summed E-state index contributed by atoms with van der Waals surface area (Å²) in [6.07, 6.45) is 1.50.